The maximum atomic E-state index is 13.5. The van der Waals surface area contributed by atoms with Gasteiger partial charge in [-0.05, 0) is 60.5 Å². The fraction of sp³-hybridized carbons (Fsp3) is 0.556. The number of amides is 2. The standard InChI is InChI=1S/C27H33N5O3/c1-35-25-10-17(8-15-4-2-3-5-18(15)25)27(34)32-13-21-19-11-31(12-20(19)22(21)14-32)26(33)16-6-7-23-24(9-16)29-30-28-23/h2-5,8,10,16,19-24,28-30H,6-7,9,11-14H2,1H3/t16-,19-,20+,21+,22-,23?,24?/m1/s1. The Bertz CT molecular complexity index is 1170. The molecule has 2 unspecified atom stereocenters. The van der Waals surface area contributed by atoms with Gasteiger partial charge in [-0.2, -0.15) is 5.53 Å². The number of benzene rings is 2. The summed E-state index contributed by atoms with van der Waals surface area (Å²) in [5.41, 5.74) is 10.2. The van der Waals surface area contributed by atoms with Crippen LogP contribution in [0.15, 0.2) is 36.4 Å². The summed E-state index contributed by atoms with van der Waals surface area (Å²) in [6, 6.07) is 12.7. The number of nitrogens with one attached hydrogen (secondary N) is 3. The summed E-state index contributed by atoms with van der Waals surface area (Å²) < 4.78 is 5.58. The topological polar surface area (TPSA) is 85.9 Å². The van der Waals surface area contributed by atoms with Crippen LogP contribution in [0.3, 0.4) is 0 Å². The molecule has 5 aliphatic rings. The van der Waals surface area contributed by atoms with Gasteiger partial charge in [0.2, 0.25) is 5.91 Å². The number of hydrogen-bond acceptors (Lipinski definition) is 6. The van der Waals surface area contributed by atoms with E-state index in [2.05, 4.69) is 21.3 Å². The number of fused-ring (bicyclic) bond motifs is 6. The van der Waals surface area contributed by atoms with Crippen molar-refractivity contribution in [1.82, 2.24) is 26.2 Å². The summed E-state index contributed by atoms with van der Waals surface area (Å²) in [6.07, 6.45) is 2.90. The molecule has 2 amide bonds. The highest BCUT2D eigenvalue weighted by molar-refractivity contribution is 6.01. The summed E-state index contributed by atoms with van der Waals surface area (Å²) in [6.45, 7) is 3.34. The lowest BCUT2D eigenvalue weighted by atomic mass is 9.60. The third kappa shape index (κ3) is 3.37. The zero-order chi connectivity index (χ0) is 23.7. The van der Waals surface area contributed by atoms with Crippen molar-refractivity contribution in [1.29, 1.82) is 0 Å². The lowest BCUT2D eigenvalue weighted by Gasteiger charge is -2.42. The molecule has 184 valence electrons. The highest BCUT2D eigenvalue weighted by Gasteiger charge is 2.59. The van der Waals surface area contributed by atoms with Crippen LogP contribution in [0.2, 0.25) is 0 Å². The Hall–Kier alpha value is -2.68. The zero-order valence-electron chi connectivity index (χ0n) is 20.1. The monoisotopic (exact) mass is 475 g/mol. The molecule has 3 heterocycles. The number of carbonyl (C=O) groups is 2. The third-order valence-electron chi connectivity index (χ3n) is 9.53. The van der Waals surface area contributed by atoms with Crippen molar-refractivity contribution < 1.29 is 14.3 Å². The number of nitrogens with zero attached hydrogens (tertiary/aromatic N) is 2. The first-order valence-corrected chi connectivity index (χ1v) is 13.0. The number of rotatable bonds is 3. The molecule has 0 radical (unpaired) electrons. The van der Waals surface area contributed by atoms with Crippen molar-refractivity contribution in [3.8, 4) is 5.75 Å². The second-order valence-corrected chi connectivity index (χ2v) is 11.1. The van der Waals surface area contributed by atoms with Crippen molar-refractivity contribution in [2.24, 2.45) is 29.6 Å². The number of likely N-dealkylation sites (tertiary alicyclic amines) is 2. The maximum Gasteiger partial charge on any atom is 0.254 e. The Morgan fingerprint density at radius 3 is 2.31 bits per heavy atom. The molecular formula is C27H33N5O3. The Balaban J connectivity index is 1.01. The molecule has 3 aliphatic heterocycles. The second-order valence-electron chi connectivity index (χ2n) is 11.1. The van der Waals surface area contributed by atoms with Gasteiger partial charge in [0, 0.05) is 55.1 Å². The summed E-state index contributed by atoms with van der Waals surface area (Å²) in [4.78, 5) is 31.0. The molecule has 8 nitrogen and oxygen atoms in total. The van der Waals surface area contributed by atoms with Gasteiger partial charge < -0.3 is 14.5 Å². The van der Waals surface area contributed by atoms with Crippen LogP contribution in [0, 0.1) is 29.6 Å². The van der Waals surface area contributed by atoms with E-state index in [1.165, 1.54) is 0 Å². The minimum atomic E-state index is 0.0949. The largest absolute Gasteiger partial charge is 0.496 e. The third-order valence-corrected chi connectivity index (χ3v) is 9.53. The molecule has 3 N–H and O–H groups in total. The average Bonchev–Trinajstić information content (AvgIpc) is 3.61. The Morgan fingerprint density at radius 2 is 1.57 bits per heavy atom. The number of ether oxygens (including phenoxy) is 1. The van der Waals surface area contributed by atoms with Crippen molar-refractivity contribution in [2.45, 2.75) is 31.3 Å². The maximum absolute atomic E-state index is 13.5. The van der Waals surface area contributed by atoms with Gasteiger partial charge in [0.15, 0.2) is 0 Å². The first-order chi connectivity index (χ1) is 17.1. The molecule has 3 saturated heterocycles. The zero-order valence-corrected chi connectivity index (χ0v) is 20.1. The van der Waals surface area contributed by atoms with E-state index in [4.69, 9.17) is 4.74 Å². The SMILES string of the molecule is COc1cc(C(=O)N2C[C@@H]3[C@H](C2)[C@H]2CN(C(=O)[C@@H]4CCC5NNNC5C4)C[C@@H]32)cc2ccccc12. The van der Waals surface area contributed by atoms with E-state index in [0.717, 1.165) is 62.0 Å². The summed E-state index contributed by atoms with van der Waals surface area (Å²) in [5, 5.41) is 2.05. The van der Waals surface area contributed by atoms with E-state index in [9.17, 15) is 9.59 Å². The number of hydrazine groups is 2. The minimum absolute atomic E-state index is 0.0949. The minimum Gasteiger partial charge on any atom is -0.496 e. The van der Waals surface area contributed by atoms with Crippen LogP contribution in [0.25, 0.3) is 10.8 Å². The van der Waals surface area contributed by atoms with Crippen LogP contribution in [-0.4, -0.2) is 67.0 Å². The summed E-state index contributed by atoms with van der Waals surface area (Å²) >= 11 is 0. The molecule has 0 bridgehead atoms. The predicted molar refractivity (Wildman–Crippen MR) is 131 cm³/mol. The molecule has 35 heavy (non-hydrogen) atoms. The number of methoxy groups -OCH3 is 1. The van der Waals surface area contributed by atoms with Gasteiger partial charge in [-0.25, -0.2) is 10.9 Å². The highest BCUT2D eigenvalue weighted by atomic mass is 16.5. The van der Waals surface area contributed by atoms with Crippen molar-refractivity contribution in [3.63, 3.8) is 0 Å². The van der Waals surface area contributed by atoms with Crippen LogP contribution < -0.4 is 21.1 Å². The predicted octanol–water partition coefficient (Wildman–Crippen LogP) is 1.77. The lowest BCUT2D eigenvalue weighted by Crippen LogP contribution is -2.45. The second kappa shape index (κ2) is 8.18. The fourth-order valence-electron chi connectivity index (χ4n) is 7.68. The first-order valence-electron chi connectivity index (χ1n) is 13.0. The van der Waals surface area contributed by atoms with E-state index in [-0.39, 0.29) is 11.8 Å². The molecule has 2 aliphatic carbocycles. The Morgan fingerprint density at radius 1 is 0.886 bits per heavy atom. The molecule has 5 fully saturated rings. The van der Waals surface area contributed by atoms with Crippen LogP contribution in [0.4, 0.5) is 0 Å². The Kier molecular flexibility index (Phi) is 5.05. The van der Waals surface area contributed by atoms with Crippen LogP contribution in [0.5, 0.6) is 5.75 Å². The van der Waals surface area contributed by atoms with Gasteiger partial charge in [0.05, 0.1) is 7.11 Å². The molecule has 0 spiro atoms. The van der Waals surface area contributed by atoms with Crippen molar-refractivity contribution >= 4 is 22.6 Å². The van der Waals surface area contributed by atoms with Crippen molar-refractivity contribution in [2.75, 3.05) is 33.3 Å². The van der Waals surface area contributed by atoms with E-state index >= 15 is 0 Å². The average molecular weight is 476 g/mol. The molecule has 2 aromatic rings. The van der Waals surface area contributed by atoms with Crippen LogP contribution in [0.1, 0.15) is 29.6 Å². The lowest BCUT2D eigenvalue weighted by molar-refractivity contribution is -0.136. The van der Waals surface area contributed by atoms with Gasteiger partial charge in [0.25, 0.3) is 5.91 Å². The molecule has 7 atom stereocenters. The van der Waals surface area contributed by atoms with E-state index in [0.29, 0.717) is 47.2 Å². The molecule has 0 aromatic heterocycles. The van der Waals surface area contributed by atoms with Gasteiger partial charge >= 0.3 is 0 Å². The molecule has 7 rings (SSSR count). The number of carbonyl (C=O) groups excluding carboxylic acids is 2. The Labute approximate surface area is 205 Å². The summed E-state index contributed by atoms with van der Waals surface area (Å²) in [5.74, 6) is 3.43. The first kappa shape index (κ1) is 21.6. The van der Waals surface area contributed by atoms with Gasteiger partial charge in [-0.1, -0.05) is 24.3 Å². The smallest absolute Gasteiger partial charge is 0.254 e. The fourth-order valence-corrected chi connectivity index (χ4v) is 7.68. The van der Waals surface area contributed by atoms with Gasteiger partial charge in [0.1, 0.15) is 5.75 Å². The highest BCUT2D eigenvalue weighted by Crippen LogP contribution is 2.54. The quantitative estimate of drug-likeness (QED) is 0.628. The van der Waals surface area contributed by atoms with E-state index in [1.54, 1.807) is 7.11 Å². The van der Waals surface area contributed by atoms with E-state index < -0.39 is 0 Å². The van der Waals surface area contributed by atoms with Crippen LogP contribution in [-0.2, 0) is 4.79 Å². The number of hydrogen-bond donors (Lipinski definition) is 3. The molecule has 2 aromatic carbocycles. The molecule has 2 saturated carbocycles. The molecule has 8 heteroatoms. The van der Waals surface area contributed by atoms with Gasteiger partial charge in [-0.3, -0.25) is 9.59 Å². The van der Waals surface area contributed by atoms with E-state index in [1.807, 2.05) is 41.3 Å². The van der Waals surface area contributed by atoms with Crippen LogP contribution >= 0.6 is 0 Å². The van der Waals surface area contributed by atoms with Crippen molar-refractivity contribution in [3.05, 3.63) is 42.0 Å². The molecular weight excluding hydrogens is 442 g/mol. The summed E-state index contributed by atoms with van der Waals surface area (Å²) in [7, 11) is 1.66. The van der Waals surface area contributed by atoms with Gasteiger partial charge in [-0.15, -0.1) is 0 Å². The normalized spacial score (nSPS) is 35.4.